The Morgan fingerprint density at radius 2 is 1.88 bits per heavy atom. The summed E-state index contributed by atoms with van der Waals surface area (Å²) in [5.74, 6) is 1.64. The van der Waals surface area contributed by atoms with Gasteiger partial charge in [0.2, 0.25) is 0 Å². The van der Waals surface area contributed by atoms with Crippen LogP contribution >= 0.6 is 11.8 Å². The maximum absolute atomic E-state index is 5.16. The Morgan fingerprint density at radius 1 is 1.24 bits per heavy atom. The lowest BCUT2D eigenvalue weighted by Crippen LogP contribution is -2.32. The first-order valence-corrected chi connectivity index (χ1v) is 7.05. The SMILES string of the molecule is CNC(COC)CSc1ccc(C(C)C)cc1. The summed E-state index contributed by atoms with van der Waals surface area (Å²) in [6.45, 7) is 5.20. The third-order valence-corrected chi connectivity index (χ3v) is 3.95. The predicted molar refractivity (Wildman–Crippen MR) is 76.0 cm³/mol. The summed E-state index contributed by atoms with van der Waals surface area (Å²) in [4.78, 5) is 1.32. The summed E-state index contributed by atoms with van der Waals surface area (Å²) in [5, 5.41) is 3.26. The van der Waals surface area contributed by atoms with Crippen LogP contribution < -0.4 is 5.32 Å². The van der Waals surface area contributed by atoms with E-state index in [1.165, 1.54) is 10.5 Å². The molecule has 0 spiro atoms. The fourth-order valence-electron chi connectivity index (χ4n) is 1.56. The van der Waals surface area contributed by atoms with Crippen LogP contribution in [0.25, 0.3) is 0 Å². The Bertz CT molecular complexity index is 311. The van der Waals surface area contributed by atoms with E-state index >= 15 is 0 Å². The molecule has 17 heavy (non-hydrogen) atoms. The van der Waals surface area contributed by atoms with E-state index in [0.717, 1.165) is 12.4 Å². The predicted octanol–water partition coefficient (Wildman–Crippen LogP) is 3.14. The van der Waals surface area contributed by atoms with E-state index < -0.39 is 0 Å². The van der Waals surface area contributed by atoms with Crippen LogP contribution in [0.5, 0.6) is 0 Å². The van der Waals surface area contributed by atoms with Crippen molar-refractivity contribution in [1.82, 2.24) is 5.32 Å². The molecule has 0 aliphatic carbocycles. The van der Waals surface area contributed by atoms with Crippen LogP contribution in [0.4, 0.5) is 0 Å². The summed E-state index contributed by atoms with van der Waals surface area (Å²) < 4.78 is 5.16. The van der Waals surface area contributed by atoms with Crippen LogP contribution in [0.3, 0.4) is 0 Å². The van der Waals surface area contributed by atoms with Gasteiger partial charge < -0.3 is 10.1 Å². The maximum Gasteiger partial charge on any atom is 0.0623 e. The molecule has 1 rings (SSSR count). The van der Waals surface area contributed by atoms with Crippen molar-refractivity contribution in [2.45, 2.75) is 30.7 Å². The zero-order valence-corrected chi connectivity index (χ0v) is 12.0. The summed E-state index contributed by atoms with van der Waals surface area (Å²) in [7, 11) is 3.72. The van der Waals surface area contributed by atoms with Crippen molar-refractivity contribution in [1.29, 1.82) is 0 Å². The number of benzene rings is 1. The average molecular weight is 253 g/mol. The standard InChI is InChI=1S/C14H23NOS/c1-11(2)12-5-7-14(8-6-12)17-10-13(15-3)9-16-4/h5-8,11,13,15H,9-10H2,1-4H3. The zero-order valence-electron chi connectivity index (χ0n) is 11.2. The topological polar surface area (TPSA) is 21.3 Å². The van der Waals surface area contributed by atoms with E-state index in [4.69, 9.17) is 4.74 Å². The van der Waals surface area contributed by atoms with Gasteiger partial charge in [-0.05, 0) is 30.7 Å². The molecule has 1 aromatic carbocycles. The highest BCUT2D eigenvalue weighted by molar-refractivity contribution is 7.99. The number of rotatable bonds is 7. The number of hydrogen-bond donors (Lipinski definition) is 1. The Labute approximate surface area is 109 Å². The van der Waals surface area contributed by atoms with Crippen LogP contribution in [0.15, 0.2) is 29.2 Å². The molecule has 0 aliphatic heterocycles. The highest BCUT2D eigenvalue weighted by atomic mass is 32.2. The monoisotopic (exact) mass is 253 g/mol. The van der Waals surface area contributed by atoms with Gasteiger partial charge in [-0.2, -0.15) is 0 Å². The number of hydrogen-bond acceptors (Lipinski definition) is 3. The van der Waals surface area contributed by atoms with Crippen molar-refractivity contribution in [2.24, 2.45) is 0 Å². The van der Waals surface area contributed by atoms with Crippen molar-refractivity contribution in [2.75, 3.05) is 26.5 Å². The fraction of sp³-hybridized carbons (Fsp3) is 0.571. The van der Waals surface area contributed by atoms with Gasteiger partial charge in [-0.3, -0.25) is 0 Å². The number of nitrogens with one attached hydrogen (secondary N) is 1. The highest BCUT2D eigenvalue weighted by Gasteiger charge is 2.06. The van der Waals surface area contributed by atoms with Crippen molar-refractivity contribution in [3.05, 3.63) is 29.8 Å². The average Bonchev–Trinajstić information content (AvgIpc) is 2.35. The molecule has 96 valence electrons. The molecular formula is C14H23NOS. The second-order valence-electron chi connectivity index (χ2n) is 4.48. The summed E-state index contributed by atoms with van der Waals surface area (Å²) in [5.41, 5.74) is 1.40. The molecule has 0 aliphatic rings. The number of likely N-dealkylation sites (N-methyl/N-ethyl adjacent to an activating group) is 1. The first-order valence-electron chi connectivity index (χ1n) is 6.06. The van der Waals surface area contributed by atoms with Gasteiger partial charge in [-0.15, -0.1) is 11.8 Å². The molecule has 1 atom stereocenters. The molecular weight excluding hydrogens is 230 g/mol. The molecule has 1 unspecified atom stereocenters. The zero-order chi connectivity index (χ0) is 12.7. The molecule has 2 nitrogen and oxygen atoms in total. The van der Waals surface area contributed by atoms with Crippen LogP contribution in [0, 0.1) is 0 Å². The van der Waals surface area contributed by atoms with E-state index in [1.54, 1.807) is 7.11 Å². The van der Waals surface area contributed by atoms with Gasteiger partial charge in [0.15, 0.2) is 0 Å². The third-order valence-electron chi connectivity index (χ3n) is 2.77. The lowest BCUT2D eigenvalue weighted by atomic mass is 10.0. The smallest absolute Gasteiger partial charge is 0.0623 e. The minimum atomic E-state index is 0.412. The van der Waals surface area contributed by atoms with Gasteiger partial charge in [0.25, 0.3) is 0 Å². The lowest BCUT2D eigenvalue weighted by Gasteiger charge is -2.14. The van der Waals surface area contributed by atoms with E-state index in [9.17, 15) is 0 Å². The van der Waals surface area contributed by atoms with E-state index in [1.807, 2.05) is 18.8 Å². The highest BCUT2D eigenvalue weighted by Crippen LogP contribution is 2.22. The second-order valence-corrected chi connectivity index (χ2v) is 5.57. The summed E-state index contributed by atoms with van der Waals surface area (Å²) in [6.07, 6.45) is 0. The molecule has 0 fully saturated rings. The Balaban J connectivity index is 2.46. The molecule has 0 saturated carbocycles. The Hall–Kier alpha value is -0.510. The quantitative estimate of drug-likeness (QED) is 0.754. The van der Waals surface area contributed by atoms with Crippen LogP contribution in [-0.2, 0) is 4.74 Å². The molecule has 0 aromatic heterocycles. The van der Waals surface area contributed by atoms with Crippen molar-refractivity contribution in [3.8, 4) is 0 Å². The molecule has 0 bridgehead atoms. The minimum Gasteiger partial charge on any atom is -0.383 e. The first kappa shape index (κ1) is 14.6. The molecule has 1 N–H and O–H groups in total. The van der Waals surface area contributed by atoms with Gasteiger partial charge in [-0.25, -0.2) is 0 Å². The van der Waals surface area contributed by atoms with Crippen LogP contribution in [-0.4, -0.2) is 32.6 Å². The maximum atomic E-state index is 5.16. The largest absolute Gasteiger partial charge is 0.383 e. The molecule has 1 aromatic rings. The van der Waals surface area contributed by atoms with Gasteiger partial charge >= 0.3 is 0 Å². The van der Waals surface area contributed by atoms with E-state index in [-0.39, 0.29) is 0 Å². The summed E-state index contributed by atoms with van der Waals surface area (Å²) in [6, 6.07) is 9.27. The Kier molecular flexibility index (Phi) is 6.63. The molecule has 3 heteroatoms. The molecule has 0 heterocycles. The number of thioether (sulfide) groups is 1. The number of ether oxygens (including phenoxy) is 1. The van der Waals surface area contributed by atoms with E-state index in [0.29, 0.717) is 12.0 Å². The van der Waals surface area contributed by atoms with Crippen LogP contribution in [0.1, 0.15) is 25.3 Å². The fourth-order valence-corrected chi connectivity index (χ4v) is 2.55. The third kappa shape index (κ3) is 5.11. The minimum absolute atomic E-state index is 0.412. The summed E-state index contributed by atoms with van der Waals surface area (Å²) >= 11 is 1.87. The van der Waals surface area contributed by atoms with Crippen molar-refractivity contribution in [3.63, 3.8) is 0 Å². The molecule has 0 radical (unpaired) electrons. The van der Waals surface area contributed by atoms with Gasteiger partial charge in [0.1, 0.15) is 0 Å². The first-order chi connectivity index (χ1) is 8.17. The van der Waals surface area contributed by atoms with Crippen molar-refractivity contribution >= 4 is 11.8 Å². The molecule has 0 saturated heterocycles. The van der Waals surface area contributed by atoms with Gasteiger partial charge in [-0.1, -0.05) is 26.0 Å². The van der Waals surface area contributed by atoms with Gasteiger partial charge in [0, 0.05) is 23.8 Å². The Morgan fingerprint density at radius 3 is 2.35 bits per heavy atom. The van der Waals surface area contributed by atoms with Crippen LogP contribution in [0.2, 0.25) is 0 Å². The van der Waals surface area contributed by atoms with Crippen molar-refractivity contribution < 1.29 is 4.74 Å². The number of methoxy groups -OCH3 is 1. The normalized spacial score (nSPS) is 13.0. The van der Waals surface area contributed by atoms with Gasteiger partial charge in [0.05, 0.1) is 6.61 Å². The molecule has 0 amide bonds. The lowest BCUT2D eigenvalue weighted by molar-refractivity contribution is 0.177. The van der Waals surface area contributed by atoms with E-state index in [2.05, 4.69) is 43.4 Å². The second kappa shape index (κ2) is 7.75.